The van der Waals surface area contributed by atoms with Gasteiger partial charge in [0, 0.05) is 75.1 Å². The monoisotopic (exact) mass is 1110 g/mol. The third kappa shape index (κ3) is 23.5. The number of carbonyl (C=O) groups is 9. The van der Waals surface area contributed by atoms with E-state index in [0.717, 1.165) is 17.8 Å². The molecule has 2 unspecified atom stereocenters. The largest absolute Gasteiger partial charge is 0.506 e. The Bertz CT molecular complexity index is 2450. The van der Waals surface area contributed by atoms with Crippen LogP contribution in [0, 0.1) is 23.2 Å². The number of ether oxygens (including phenoxy) is 2. The van der Waals surface area contributed by atoms with Crippen molar-refractivity contribution in [3.05, 3.63) is 64.1 Å². The van der Waals surface area contributed by atoms with Gasteiger partial charge < -0.3 is 45.4 Å². The second-order valence-electron chi connectivity index (χ2n) is 19.8. The Hall–Kier alpha value is -6.57. The van der Waals surface area contributed by atoms with Gasteiger partial charge in [-0.15, -0.1) is 11.3 Å². The zero-order valence-corrected chi connectivity index (χ0v) is 46.4. The molecule has 2 rings (SSSR count). The molecule has 76 heavy (non-hydrogen) atoms. The van der Waals surface area contributed by atoms with Crippen molar-refractivity contribution in [2.45, 2.75) is 132 Å². The highest BCUT2D eigenvalue weighted by Crippen LogP contribution is 2.33. The van der Waals surface area contributed by atoms with Crippen LogP contribution < -0.4 is 37.0 Å². The molecule has 27 heteroatoms. The summed E-state index contributed by atoms with van der Waals surface area (Å²) in [5.74, 6) is -8.87. The van der Waals surface area contributed by atoms with Gasteiger partial charge in [-0.25, -0.2) is 19.7 Å². The van der Waals surface area contributed by atoms with E-state index in [1.807, 2.05) is 38.5 Å². The number of phenols is 1. The lowest BCUT2D eigenvalue weighted by atomic mass is 9.92. The molecule has 5 amide bonds. The summed E-state index contributed by atoms with van der Waals surface area (Å²) in [5.41, 5.74) is 2.23. The number of aromatic hydroxyl groups is 1. The fraction of sp³-hybridized carbons (Fsp3) is 0.551. The van der Waals surface area contributed by atoms with Crippen molar-refractivity contribution in [2.24, 2.45) is 23.2 Å². The highest BCUT2D eigenvalue weighted by Gasteiger charge is 2.34. The molecule has 0 fully saturated rings. The average molecular weight is 1110 g/mol. The molecule has 25 nitrogen and oxygen atoms in total. The molecular weight excluding hydrogens is 1030 g/mol. The zero-order valence-electron chi connectivity index (χ0n) is 44.7. The van der Waals surface area contributed by atoms with E-state index < -0.39 is 84.2 Å². The predicted molar refractivity (Wildman–Crippen MR) is 280 cm³/mol. The van der Waals surface area contributed by atoms with Gasteiger partial charge in [-0.1, -0.05) is 47.1 Å². The molecule has 1 aromatic heterocycles. The van der Waals surface area contributed by atoms with E-state index in [-0.39, 0.29) is 79.8 Å². The third-order valence-corrected chi connectivity index (χ3v) is 14.2. The number of carbonyl (C=O) groups excluding carboxylic acids is 6. The molecule has 5 atom stereocenters. The first kappa shape index (κ1) is 65.5. The van der Waals surface area contributed by atoms with Crippen molar-refractivity contribution in [1.82, 2.24) is 41.5 Å². The molecular formula is C49H74N9O16PS. The van der Waals surface area contributed by atoms with Crippen LogP contribution in [0.3, 0.4) is 0 Å². The number of hydrazine groups is 2. The van der Waals surface area contributed by atoms with Gasteiger partial charge in [0.05, 0.1) is 29.2 Å². The summed E-state index contributed by atoms with van der Waals surface area (Å²) in [5, 5.41) is 52.5. The number of hydrogen-bond donors (Lipinski definition) is 11. The molecule has 2 aromatic rings. The number of aromatic nitrogens is 1. The highest BCUT2D eigenvalue weighted by atomic mass is 32.1. The lowest BCUT2D eigenvalue weighted by Crippen LogP contribution is -2.48. The van der Waals surface area contributed by atoms with Gasteiger partial charge in [0.15, 0.2) is 6.10 Å². The number of carboxylic acid groups (broad SMARTS) is 3. The van der Waals surface area contributed by atoms with E-state index in [1.54, 1.807) is 45.7 Å². The van der Waals surface area contributed by atoms with Crippen LogP contribution in [0.2, 0.25) is 0 Å². The second kappa shape index (κ2) is 30.2. The normalized spacial score (nSPS) is 14.1. The van der Waals surface area contributed by atoms with E-state index in [0.29, 0.717) is 41.3 Å². The Morgan fingerprint density at radius 1 is 0.882 bits per heavy atom. The first-order chi connectivity index (χ1) is 35.3. The summed E-state index contributed by atoms with van der Waals surface area (Å²) in [7, 11) is -2.46. The summed E-state index contributed by atoms with van der Waals surface area (Å²) in [6, 6.07) is 3.26. The molecule has 422 valence electrons. The molecule has 1 heterocycles. The third-order valence-electron chi connectivity index (χ3n) is 11.8. The highest BCUT2D eigenvalue weighted by molar-refractivity contribution is 7.57. The summed E-state index contributed by atoms with van der Waals surface area (Å²) in [4.78, 5) is 117. The number of benzene rings is 1. The van der Waals surface area contributed by atoms with Crippen LogP contribution in [-0.4, -0.2) is 122 Å². The van der Waals surface area contributed by atoms with E-state index in [1.165, 1.54) is 31.4 Å². The van der Waals surface area contributed by atoms with Crippen molar-refractivity contribution >= 4 is 78.0 Å². The Labute approximate surface area is 445 Å². The first-order valence-corrected chi connectivity index (χ1v) is 26.9. The van der Waals surface area contributed by atoms with Crippen LogP contribution in [0.25, 0.3) is 0 Å². The molecule has 0 aliphatic carbocycles. The van der Waals surface area contributed by atoms with Gasteiger partial charge >= 0.3 is 31.5 Å². The molecule has 0 radical (unpaired) electrons. The minimum atomic E-state index is -4.18. The number of esters is 1. The van der Waals surface area contributed by atoms with E-state index in [4.69, 9.17) is 19.7 Å². The number of amides is 5. The van der Waals surface area contributed by atoms with Gasteiger partial charge in [0.1, 0.15) is 16.5 Å². The van der Waals surface area contributed by atoms with Gasteiger partial charge in [-0.3, -0.25) is 49.0 Å². The van der Waals surface area contributed by atoms with Crippen molar-refractivity contribution in [1.29, 1.82) is 0 Å². The number of aliphatic carboxylic acids is 3. The topological polar surface area (TPSA) is 370 Å². The molecule has 0 saturated carbocycles. The SMILES string of the molecule is CC[C@H](C)CC(=O)N(C)C(C[C@@H](OC(C)=O)c1nc(C(=O)N[C@@H](Cc2ccc(O)c(NC(=O)C(C)(C)COC(C)(C)CCNP(=O)(NNC(=O)/C=C\C(=O)O)NNC(=O)/C=C\C(=O)O)c2)CC(C)C(=O)O)cs1)C(C)C. The summed E-state index contributed by atoms with van der Waals surface area (Å²) >= 11 is 1.10. The van der Waals surface area contributed by atoms with E-state index in [2.05, 4.69) is 31.1 Å². The van der Waals surface area contributed by atoms with Crippen LogP contribution in [-0.2, 0) is 58.8 Å². The predicted octanol–water partition coefficient (Wildman–Crippen LogP) is 4.59. The van der Waals surface area contributed by atoms with Crippen LogP contribution in [0.1, 0.15) is 129 Å². The lowest BCUT2D eigenvalue weighted by Gasteiger charge is -2.34. The summed E-state index contributed by atoms with van der Waals surface area (Å²) in [6.45, 7) is 16.9. The van der Waals surface area contributed by atoms with Crippen molar-refractivity contribution in [3.63, 3.8) is 0 Å². The molecule has 0 aliphatic rings. The Morgan fingerprint density at radius 3 is 2.00 bits per heavy atom. The maximum Gasteiger partial charge on any atom is 0.328 e. The number of nitrogens with one attached hydrogen (secondary N) is 7. The minimum Gasteiger partial charge on any atom is -0.506 e. The Morgan fingerprint density at radius 2 is 1.47 bits per heavy atom. The molecule has 0 saturated heterocycles. The van der Waals surface area contributed by atoms with Crippen molar-refractivity contribution in [2.75, 3.05) is 25.5 Å². The molecule has 1 aromatic carbocycles. The standard InChI is InChI=1S/C49H74N9O16PS/c1-12-29(4)21-41(63)58(11)36(28(2)3)25-38(74-31(6)59)45-52-35(26-76-45)44(68)51-33(22-30(5)46(69)70)23-32-13-14-37(60)34(24-32)53-47(71)48(7,8)27-73-49(9,10)19-20-50-75(72,56-54-39(61)15-17-42(64)65)57-55-40(62)16-18-43(66)67/h13-18,24,26,28-30,33,36,38,60H,12,19-23,25,27H2,1-11H3,(H,51,68)(H,53,71)(H,54,61)(H,55,62)(H,64,65)(H,66,67)(H,69,70)(H3,50,56,57,72)/b17-15-,18-16-/t29-,30?,33+,36?,38+/m0/s1. The number of nitrogens with zero attached hydrogens (tertiary/aromatic N) is 2. The Kier molecular flexibility index (Phi) is 26.1. The summed E-state index contributed by atoms with van der Waals surface area (Å²) < 4.78 is 25.4. The van der Waals surface area contributed by atoms with Crippen LogP contribution >= 0.6 is 18.9 Å². The fourth-order valence-corrected chi connectivity index (χ4v) is 8.97. The number of anilines is 1. The average Bonchev–Trinajstić information content (AvgIpc) is 3.83. The van der Waals surface area contributed by atoms with E-state index in [9.17, 15) is 57.9 Å². The lowest BCUT2D eigenvalue weighted by molar-refractivity contribution is -0.148. The van der Waals surface area contributed by atoms with Crippen molar-refractivity contribution < 1.29 is 77.6 Å². The van der Waals surface area contributed by atoms with Gasteiger partial charge in [-0.05, 0) is 76.5 Å². The number of carboxylic acids is 3. The smallest absolute Gasteiger partial charge is 0.328 e. The molecule has 11 N–H and O–H groups in total. The minimum absolute atomic E-state index is 0.00634. The second-order valence-corrected chi connectivity index (χ2v) is 22.7. The van der Waals surface area contributed by atoms with Crippen LogP contribution in [0.5, 0.6) is 5.75 Å². The maximum atomic E-state index is 13.8. The molecule has 0 aliphatic heterocycles. The van der Waals surface area contributed by atoms with Crippen LogP contribution in [0.15, 0.2) is 47.9 Å². The number of rotatable bonds is 33. The summed E-state index contributed by atoms with van der Waals surface area (Å²) in [6.07, 6.45) is 2.97. The fourth-order valence-electron chi connectivity index (χ4n) is 6.95. The van der Waals surface area contributed by atoms with Gasteiger partial charge in [0.2, 0.25) is 11.8 Å². The zero-order chi connectivity index (χ0) is 57.7. The molecule has 0 bridgehead atoms. The van der Waals surface area contributed by atoms with Gasteiger partial charge in [0.25, 0.3) is 17.7 Å². The number of phenolic OH excluding ortho intramolecular Hbond substituents is 1. The van der Waals surface area contributed by atoms with Crippen molar-refractivity contribution in [3.8, 4) is 5.75 Å². The number of hydrogen-bond acceptors (Lipinski definition) is 15. The van der Waals surface area contributed by atoms with E-state index >= 15 is 0 Å². The Balaban J connectivity index is 2.23. The van der Waals surface area contributed by atoms with Crippen LogP contribution in [0.4, 0.5) is 5.69 Å². The first-order valence-electron chi connectivity index (χ1n) is 24.3. The van der Waals surface area contributed by atoms with Gasteiger partial charge in [-0.2, -0.15) is 10.4 Å². The maximum absolute atomic E-state index is 13.8. The quantitative estimate of drug-likeness (QED) is 0.0153. The molecule has 0 spiro atoms. The number of thiazole rings is 1.